The van der Waals surface area contributed by atoms with Crippen molar-refractivity contribution in [1.29, 1.82) is 0 Å². The molecule has 0 N–H and O–H groups in total. The van der Waals surface area contributed by atoms with E-state index in [0.717, 1.165) is 25.7 Å². The third-order valence-corrected chi connectivity index (χ3v) is 8.27. The van der Waals surface area contributed by atoms with Crippen molar-refractivity contribution in [2.45, 2.75) is 200 Å². The molecule has 0 aromatic carbocycles. The average Bonchev–Trinajstić information content (AvgIpc) is 2.96. The van der Waals surface area contributed by atoms with Crippen molar-refractivity contribution in [1.82, 2.24) is 4.90 Å². The molecular weight excluding hydrogens is 522 g/mol. The van der Waals surface area contributed by atoms with Crippen molar-refractivity contribution >= 4 is 11.9 Å². The zero-order valence-electron chi connectivity index (χ0n) is 28.9. The van der Waals surface area contributed by atoms with E-state index in [2.05, 4.69) is 13.8 Å². The van der Waals surface area contributed by atoms with E-state index in [1.165, 1.54) is 141 Å². The summed E-state index contributed by atoms with van der Waals surface area (Å²) in [6.07, 6.45) is 34.0. The van der Waals surface area contributed by atoms with Crippen LogP contribution < -0.4 is 0 Å². The molecule has 5 heteroatoms. The quantitative estimate of drug-likeness (QED) is 0.0558. The highest BCUT2D eigenvalue weighted by Crippen LogP contribution is 2.15. The fraction of sp³-hybridized carbons (Fsp3) is 0.946. The molecule has 0 saturated heterocycles. The van der Waals surface area contributed by atoms with E-state index >= 15 is 0 Å². The first kappa shape index (κ1) is 40.9. The highest BCUT2D eigenvalue weighted by atomic mass is 16.6. The zero-order chi connectivity index (χ0) is 30.9. The largest absolute Gasteiger partial charge is 0.462 e. The highest BCUT2D eigenvalue weighted by Gasteiger charge is 2.18. The highest BCUT2D eigenvalue weighted by molar-refractivity contribution is 5.70. The van der Waals surface area contributed by atoms with E-state index in [4.69, 9.17) is 9.47 Å². The molecule has 5 nitrogen and oxygen atoms in total. The Balaban J connectivity index is 3.75. The lowest BCUT2D eigenvalue weighted by Crippen LogP contribution is -2.34. The van der Waals surface area contributed by atoms with E-state index in [-0.39, 0.29) is 18.5 Å². The van der Waals surface area contributed by atoms with Crippen LogP contribution >= 0.6 is 0 Å². The summed E-state index contributed by atoms with van der Waals surface area (Å²) in [4.78, 5) is 26.6. The van der Waals surface area contributed by atoms with Gasteiger partial charge in [0.2, 0.25) is 0 Å². The summed E-state index contributed by atoms with van der Waals surface area (Å²) in [6, 6.07) is 0. The Hall–Kier alpha value is -1.10. The number of ether oxygens (including phenoxy) is 2. The number of rotatable bonds is 33. The van der Waals surface area contributed by atoms with Crippen LogP contribution in [-0.2, 0) is 19.1 Å². The number of carbonyl (C=O) groups excluding carboxylic acids is 2. The van der Waals surface area contributed by atoms with Crippen molar-refractivity contribution in [3.63, 3.8) is 0 Å². The molecule has 0 radical (unpaired) electrons. The van der Waals surface area contributed by atoms with Gasteiger partial charge in [-0.1, -0.05) is 168 Å². The minimum atomic E-state index is -0.398. The first-order valence-corrected chi connectivity index (χ1v) is 18.5. The molecule has 250 valence electrons. The van der Waals surface area contributed by atoms with Gasteiger partial charge in [0.05, 0.1) is 0 Å². The van der Waals surface area contributed by atoms with Gasteiger partial charge in [0.1, 0.15) is 12.7 Å². The van der Waals surface area contributed by atoms with Crippen LogP contribution in [0, 0.1) is 0 Å². The SMILES string of the molecule is CCCCCCCCCCCCCCCC(=O)OCC(CN(C)C)OC(=O)CCCCCCCCCCCCCCC. The Bertz CT molecular complexity index is 580. The second kappa shape index (κ2) is 32.8. The van der Waals surface area contributed by atoms with Crippen LogP contribution in [-0.4, -0.2) is 50.2 Å². The molecule has 0 spiro atoms. The number of carbonyl (C=O) groups is 2. The van der Waals surface area contributed by atoms with E-state index in [1.54, 1.807) is 0 Å². The minimum absolute atomic E-state index is 0.153. The fourth-order valence-corrected chi connectivity index (χ4v) is 5.61. The first-order valence-electron chi connectivity index (χ1n) is 18.5. The van der Waals surface area contributed by atoms with Crippen molar-refractivity contribution < 1.29 is 19.1 Å². The molecule has 0 amide bonds. The lowest BCUT2D eigenvalue weighted by Gasteiger charge is -2.21. The van der Waals surface area contributed by atoms with Crippen molar-refractivity contribution in [2.75, 3.05) is 27.2 Å². The molecule has 0 rings (SSSR count). The molecule has 0 aliphatic heterocycles. The van der Waals surface area contributed by atoms with Crippen LogP contribution in [0.15, 0.2) is 0 Å². The van der Waals surface area contributed by atoms with Crippen LogP contribution in [0.1, 0.15) is 194 Å². The van der Waals surface area contributed by atoms with Crippen LogP contribution in [0.5, 0.6) is 0 Å². The van der Waals surface area contributed by atoms with Crippen LogP contribution in [0.4, 0.5) is 0 Å². The maximum Gasteiger partial charge on any atom is 0.306 e. The predicted octanol–water partition coefficient (Wildman–Crippen LogP) is 11.0. The van der Waals surface area contributed by atoms with Gasteiger partial charge in [-0.2, -0.15) is 0 Å². The maximum atomic E-state index is 12.4. The van der Waals surface area contributed by atoms with Crippen molar-refractivity contribution in [2.24, 2.45) is 0 Å². The van der Waals surface area contributed by atoms with Crippen LogP contribution in [0.3, 0.4) is 0 Å². The third kappa shape index (κ3) is 31.8. The van der Waals surface area contributed by atoms with Gasteiger partial charge in [-0.05, 0) is 26.9 Å². The number of hydrogen-bond donors (Lipinski definition) is 0. The van der Waals surface area contributed by atoms with Gasteiger partial charge >= 0.3 is 11.9 Å². The van der Waals surface area contributed by atoms with E-state index < -0.39 is 6.10 Å². The molecular formula is C37H73NO4. The van der Waals surface area contributed by atoms with Gasteiger partial charge in [-0.3, -0.25) is 9.59 Å². The lowest BCUT2D eigenvalue weighted by atomic mass is 10.0. The van der Waals surface area contributed by atoms with Crippen LogP contribution in [0.2, 0.25) is 0 Å². The summed E-state index contributed by atoms with van der Waals surface area (Å²) >= 11 is 0. The molecule has 0 aromatic heterocycles. The molecule has 0 fully saturated rings. The average molecular weight is 596 g/mol. The topological polar surface area (TPSA) is 55.8 Å². The molecule has 1 atom stereocenters. The Morgan fingerprint density at radius 1 is 0.476 bits per heavy atom. The number of esters is 2. The number of nitrogens with zero attached hydrogens (tertiary/aromatic N) is 1. The Morgan fingerprint density at radius 2 is 0.786 bits per heavy atom. The van der Waals surface area contributed by atoms with Gasteiger partial charge in [0, 0.05) is 19.4 Å². The van der Waals surface area contributed by atoms with Gasteiger partial charge < -0.3 is 14.4 Å². The predicted molar refractivity (Wildman–Crippen MR) is 180 cm³/mol. The van der Waals surface area contributed by atoms with Crippen molar-refractivity contribution in [3.05, 3.63) is 0 Å². The second-order valence-electron chi connectivity index (χ2n) is 13.0. The molecule has 0 heterocycles. The molecule has 0 aromatic rings. The summed E-state index contributed by atoms with van der Waals surface area (Å²) in [5.74, 6) is -0.341. The number of likely N-dealkylation sites (N-methyl/N-ethyl adjacent to an activating group) is 1. The van der Waals surface area contributed by atoms with Crippen LogP contribution in [0.25, 0.3) is 0 Å². The standard InChI is InChI=1S/C37H73NO4/c1-5-7-9-11-13-15-17-19-21-23-25-27-29-31-36(39)41-34-35(33-38(3)4)42-37(40)32-30-28-26-24-22-20-18-16-14-12-10-8-6-2/h35H,5-34H2,1-4H3. The third-order valence-electron chi connectivity index (χ3n) is 8.27. The molecule has 0 saturated carbocycles. The van der Waals surface area contributed by atoms with E-state index in [9.17, 15) is 9.59 Å². The fourth-order valence-electron chi connectivity index (χ4n) is 5.61. The number of hydrogen-bond acceptors (Lipinski definition) is 5. The summed E-state index contributed by atoms with van der Waals surface area (Å²) in [6.45, 7) is 5.26. The molecule has 0 aliphatic rings. The summed E-state index contributed by atoms with van der Waals surface area (Å²) in [7, 11) is 3.89. The van der Waals surface area contributed by atoms with E-state index in [1.807, 2.05) is 19.0 Å². The molecule has 0 aliphatic carbocycles. The van der Waals surface area contributed by atoms with Gasteiger partial charge in [-0.15, -0.1) is 0 Å². The van der Waals surface area contributed by atoms with Gasteiger partial charge in [0.25, 0.3) is 0 Å². The summed E-state index contributed by atoms with van der Waals surface area (Å²) in [5.41, 5.74) is 0. The Morgan fingerprint density at radius 3 is 1.12 bits per heavy atom. The Kier molecular flexibility index (Phi) is 31.9. The monoisotopic (exact) mass is 596 g/mol. The maximum absolute atomic E-state index is 12.4. The lowest BCUT2D eigenvalue weighted by molar-refractivity contribution is -0.160. The molecule has 0 bridgehead atoms. The normalized spacial score (nSPS) is 12.1. The zero-order valence-corrected chi connectivity index (χ0v) is 28.9. The summed E-state index contributed by atoms with van der Waals surface area (Å²) < 4.78 is 11.2. The Labute approximate surface area is 262 Å². The minimum Gasteiger partial charge on any atom is -0.462 e. The van der Waals surface area contributed by atoms with Gasteiger partial charge in [-0.25, -0.2) is 0 Å². The number of unbranched alkanes of at least 4 members (excludes halogenated alkanes) is 24. The summed E-state index contributed by atoms with van der Waals surface area (Å²) in [5, 5.41) is 0. The first-order chi connectivity index (χ1) is 20.5. The van der Waals surface area contributed by atoms with Crippen molar-refractivity contribution in [3.8, 4) is 0 Å². The molecule has 1 unspecified atom stereocenters. The molecule has 42 heavy (non-hydrogen) atoms. The smallest absolute Gasteiger partial charge is 0.306 e. The second-order valence-corrected chi connectivity index (χ2v) is 13.0. The van der Waals surface area contributed by atoms with E-state index in [0.29, 0.717) is 19.4 Å². The van der Waals surface area contributed by atoms with Gasteiger partial charge in [0.15, 0.2) is 0 Å².